The molecule has 0 spiro atoms. The Morgan fingerprint density at radius 2 is 1.73 bits per heavy atom. The number of fused-ring (bicyclic) bond motifs is 1. The van der Waals surface area contributed by atoms with Crippen LogP contribution in [0.1, 0.15) is 51.9 Å². The molecule has 1 aromatic rings. The first-order chi connectivity index (χ1) is 12.4. The van der Waals surface area contributed by atoms with Gasteiger partial charge >= 0.3 is 5.97 Å². The number of allylic oxidation sites excluding steroid dienone is 2. The van der Waals surface area contributed by atoms with Gasteiger partial charge in [0.15, 0.2) is 5.78 Å². The summed E-state index contributed by atoms with van der Waals surface area (Å²) in [7, 11) is 0. The van der Waals surface area contributed by atoms with Gasteiger partial charge in [0.25, 0.3) is 0 Å². The van der Waals surface area contributed by atoms with Crippen molar-refractivity contribution in [2.75, 3.05) is 13.2 Å². The molecule has 26 heavy (non-hydrogen) atoms. The van der Waals surface area contributed by atoms with Crippen molar-refractivity contribution < 1.29 is 23.9 Å². The average molecular weight is 358 g/mol. The van der Waals surface area contributed by atoms with E-state index in [4.69, 9.17) is 4.74 Å². The Labute approximate surface area is 151 Å². The van der Waals surface area contributed by atoms with E-state index in [-0.39, 0.29) is 42.5 Å². The van der Waals surface area contributed by atoms with Crippen molar-refractivity contribution in [1.29, 1.82) is 0 Å². The number of nitrogens with zero attached hydrogens (tertiary/aromatic N) is 1. The van der Waals surface area contributed by atoms with E-state index in [9.17, 15) is 19.2 Å². The molecule has 0 radical (unpaired) electrons. The number of carbonyl (C=O) groups is 4. The number of nitrogens with one attached hydrogen (secondary N) is 1. The molecular weight excluding hydrogens is 336 g/mol. The van der Waals surface area contributed by atoms with Crippen LogP contribution in [-0.4, -0.2) is 46.6 Å². The van der Waals surface area contributed by atoms with Crippen molar-refractivity contribution in [1.82, 2.24) is 9.88 Å². The monoisotopic (exact) mass is 358 g/mol. The minimum atomic E-state index is -0.497. The zero-order valence-corrected chi connectivity index (χ0v) is 15.1. The van der Waals surface area contributed by atoms with Gasteiger partial charge in [-0.25, -0.2) is 4.79 Å². The van der Waals surface area contributed by atoms with E-state index >= 15 is 0 Å². The number of hydrogen-bond donors (Lipinski definition) is 1. The lowest BCUT2D eigenvalue weighted by atomic mass is 9.85. The van der Waals surface area contributed by atoms with Crippen molar-refractivity contribution in [3.8, 4) is 0 Å². The highest BCUT2D eigenvalue weighted by molar-refractivity contribution is 6.10. The number of H-pyrrole nitrogens is 1. The molecule has 2 aliphatic rings. The minimum absolute atomic E-state index is 0.235. The fourth-order valence-electron chi connectivity index (χ4n) is 3.79. The van der Waals surface area contributed by atoms with Gasteiger partial charge in [-0.1, -0.05) is 12.2 Å². The molecule has 0 aromatic carbocycles. The summed E-state index contributed by atoms with van der Waals surface area (Å²) in [5, 5.41) is 0. The molecule has 2 heterocycles. The molecule has 1 saturated heterocycles. The molecule has 138 valence electrons. The van der Waals surface area contributed by atoms with E-state index in [1.807, 2.05) is 12.2 Å². The summed E-state index contributed by atoms with van der Waals surface area (Å²) >= 11 is 0. The van der Waals surface area contributed by atoms with Crippen LogP contribution in [0.5, 0.6) is 0 Å². The highest BCUT2D eigenvalue weighted by Gasteiger charge is 2.47. The topological polar surface area (TPSA) is 96.5 Å². The van der Waals surface area contributed by atoms with Gasteiger partial charge in [-0.3, -0.25) is 19.3 Å². The summed E-state index contributed by atoms with van der Waals surface area (Å²) in [6.07, 6.45) is 4.88. The van der Waals surface area contributed by atoms with Crippen molar-refractivity contribution in [2.45, 2.75) is 33.6 Å². The van der Waals surface area contributed by atoms with E-state index in [1.165, 1.54) is 0 Å². The van der Waals surface area contributed by atoms with Gasteiger partial charge in [0, 0.05) is 5.69 Å². The third-order valence-corrected chi connectivity index (χ3v) is 5.10. The largest absolute Gasteiger partial charge is 0.462 e. The highest BCUT2D eigenvalue weighted by Crippen LogP contribution is 2.35. The second-order valence-corrected chi connectivity index (χ2v) is 6.69. The molecule has 2 atom stereocenters. The first-order valence-electron chi connectivity index (χ1n) is 8.76. The second-order valence-electron chi connectivity index (χ2n) is 6.69. The Hall–Kier alpha value is -2.70. The summed E-state index contributed by atoms with van der Waals surface area (Å²) in [5.74, 6) is -2.19. The summed E-state index contributed by atoms with van der Waals surface area (Å²) in [6.45, 7) is 4.97. The lowest BCUT2D eigenvalue weighted by Crippen LogP contribution is -2.36. The number of likely N-dealkylation sites (tertiary alicyclic amines) is 1. The van der Waals surface area contributed by atoms with E-state index in [2.05, 4.69) is 4.98 Å². The Morgan fingerprint density at radius 3 is 2.27 bits per heavy atom. The van der Waals surface area contributed by atoms with E-state index in [1.54, 1.807) is 20.8 Å². The number of ketones is 1. The number of amides is 2. The van der Waals surface area contributed by atoms with Crippen LogP contribution in [0.25, 0.3) is 0 Å². The van der Waals surface area contributed by atoms with Gasteiger partial charge in [-0.05, 0) is 39.2 Å². The molecule has 1 aliphatic heterocycles. The second kappa shape index (κ2) is 6.90. The molecule has 3 rings (SSSR count). The number of aromatic amines is 1. The van der Waals surface area contributed by atoms with Crippen LogP contribution in [0.4, 0.5) is 0 Å². The predicted octanol–water partition coefficient (Wildman–Crippen LogP) is 1.94. The number of carbonyl (C=O) groups excluding carboxylic acids is 4. The molecule has 7 nitrogen and oxygen atoms in total. The number of ether oxygens (including phenoxy) is 1. The highest BCUT2D eigenvalue weighted by atomic mass is 16.5. The maximum Gasteiger partial charge on any atom is 0.340 e. The average Bonchev–Trinajstić information content (AvgIpc) is 3.04. The zero-order valence-electron chi connectivity index (χ0n) is 15.1. The zero-order chi connectivity index (χ0) is 19.0. The molecule has 0 bridgehead atoms. The Balaban J connectivity index is 1.81. The predicted molar refractivity (Wildman–Crippen MR) is 92.6 cm³/mol. The number of aryl methyl sites for hydroxylation is 1. The first kappa shape index (κ1) is 18.1. The van der Waals surface area contributed by atoms with E-state index < -0.39 is 11.8 Å². The number of hydrogen-bond acceptors (Lipinski definition) is 5. The van der Waals surface area contributed by atoms with Crippen LogP contribution in [0, 0.1) is 25.7 Å². The maximum atomic E-state index is 12.7. The van der Waals surface area contributed by atoms with Gasteiger partial charge in [0.2, 0.25) is 11.8 Å². The number of imide groups is 1. The lowest BCUT2D eigenvalue weighted by molar-refractivity contribution is -0.139. The van der Waals surface area contributed by atoms with Crippen molar-refractivity contribution in [3.63, 3.8) is 0 Å². The third kappa shape index (κ3) is 2.87. The molecule has 7 heteroatoms. The first-order valence-corrected chi connectivity index (χ1v) is 8.76. The molecule has 1 N–H and O–H groups in total. The smallest absolute Gasteiger partial charge is 0.340 e. The van der Waals surface area contributed by atoms with Crippen molar-refractivity contribution in [2.24, 2.45) is 11.8 Å². The Bertz CT molecular complexity index is 794. The van der Waals surface area contributed by atoms with Gasteiger partial charge in [0.1, 0.15) is 0 Å². The maximum absolute atomic E-state index is 12.7. The fourth-order valence-corrected chi connectivity index (χ4v) is 3.79. The van der Waals surface area contributed by atoms with Gasteiger partial charge < -0.3 is 9.72 Å². The summed E-state index contributed by atoms with van der Waals surface area (Å²) < 4.78 is 5.02. The lowest BCUT2D eigenvalue weighted by Gasteiger charge is -2.14. The SMILES string of the molecule is CCOC(=O)c1c(C)[nH]c(C(=O)CN2C(=O)C3CC=CCC3C2=O)c1C. The summed E-state index contributed by atoms with van der Waals surface area (Å²) in [5.41, 5.74) is 1.57. The molecule has 2 unspecified atom stereocenters. The minimum Gasteiger partial charge on any atom is -0.462 e. The van der Waals surface area contributed by atoms with Gasteiger partial charge in [0.05, 0.1) is 36.2 Å². The van der Waals surface area contributed by atoms with Crippen LogP contribution in [0.2, 0.25) is 0 Å². The van der Waals surface area contributed by atoms with Gasteiger partial charge in [-0.2, -0.15) is 0 Å². The molecule has 1 aliphatic carbocycles. The molecular formula is C19H22N2O5. The number of aromatic nitrogens is 1. The van der Waals surface area contributed by atoms with Crippen molar-refractivity contribution >= 4 is 23.6 Å². The molecule has 1 fully saturated rings. The van der Waals surface area contributed by atoms with Gasteiger partial charge in [-0.15, -0.1) is 0 Å². The molecule has 1 aromatic heterocycles. The Kier molecular flexibility index (Phi) is 4.80. The third-order valence-electron chi connectivity index (χ3n) is 5.10. The molecule has 0 saturated carbocycles. The summed E-state index contributed by atoms with van der Waals surface area (Å²) in [4.78, 5) is 53.8. The standard InChI is InChI=1S/C19H22N2O5/c1-4-26-19(25)15-10(2)16(20-11(15)3)14(22)9-21-17(23)12-7-5-6-8-13(12)18(21)24/h5-6,12-13,20H,4,7-9H2,1-3H3. The van der Waals surface area contributed by atoms with E-state index in [0.29, 0.717) is 29.7 Å². The van der Waals surface area contributed by atoms with Crippen LogP contribution in [-0.2, 0) is 14.3 Å². The summed E-state index contributed by atoms with van der Waals surface area (Å²) in [6, 6.07) is 0. The quantitative estimate of drug-likeness (QED) is 0.375. The number of esters is 1. The van der Waals surface area contributed by atoms with Crippen LogP contribution in [0.15, 0.2) is 12.2 Å². The number of Topliss-reactive ketones (excluding diaryl/α,β-unsaturated/α-hetero) is 1. The fraction of sp³-hybridized carbons (Fsp3) is 0.474. The van der Waals surface area contributed by atoms with Crippen molar-refractivity contribution in [3.05, 3.63) is 34.7 Å². The normalized spacial score (nSPS) is 21.9. The number of rotatable bonds is 5. The van der Waals surface area contributed by atoms with E-state index in [0.717, 1.165) is 4.90 Å². The van der Waals surface area contributed by atoms with Crippen LogP contribution >= 0.6 is 0 Å². The molecule has 2 amide bonds. The van der Waals surface area contributed by atoms with Crippen LogP contribution < -0.4 is 0 Å². The van der Waals surface area contributed by atoms with Crippen LogP contribution in [0.3, 0.4) is 0 Å². The Morgan fingerprint density at radius 1 is 1.15 bits per heavy atom.